The van der Waals surface area contributed by atoms with Crippen molar-refractivity contribution in [2.75, 3.05) is 11.4 Å². The number of carboxylic acid groups (broad SMARTS) is 1. The summed E-state index contributed by atoms with van der Waals surface area (Å²) >= 11 is 0. The second-order valence-electron chi connectivity index (χ2n) is 4.68. The number of amides is 1. The van der Waals surface area contributed by atoms with E-state index in [4.69, 9.17) is 5.73 Å². The van der Waals surface area contributed by atoms with Gasteiger partial charge in [0.2, 0.25) is 0 Å². The van der Waals surface area contributed by atoms with Crippen LogP contribution in [-0.4, -0.2) is 34.1 Å². The Morgan fingerprint density at radius 1 is 1.58 bits per heavy atom. The lowest BCUT2D eigenvalue weighted by Crippen LogP contribution is -2.51. The Balaban J connectivity index is 2.52. The summed E-state index contributed by atoms with van der Waals surface area (Å²) in [5, 5.41) is 9.54. The number of aliphatic carboxylic acids is 1. The number of primary amides is 1. The maximum absolute atomic E-state index is 11.6. The normalized spacial score (nSPS) is 22.5. The van der Waals surface area contributed by atoms with Gasteiger partial charge in [0.1, 0.15) is 11.4 Å². The molecule has 1 saturated heterocycles. The van der Waals surface area contributed by atoms with E-state index >= 15 is 0 Å². The van der Waals surface area contributed by atoms with Crippen LogP contribution >= 0.6 is 0 Å². The molecule has 0 bridgehead atoms. The average Bonchev–Trinajstić information content (AvgIpc) is 2.83. The molecular formula is C13H17N3O3. The lowest BCUT2D eigenvalue weighted by atomic mass is 9.92. The van der Waals surface area contributed by atoms with Crippen molar-refractivity contribution >= 4 is 17.7 Å². The number of anilines is 1. The van der Waals surface area contributed by atoms with Gasteiger partial charge in [-0.2, -0.15) is 0 Å². The molecule has 1 amide bonds. The fourth-order valence-corrected chi connectivity index (χ4v) is 2.73. The molecule has 102 valence electrons. The maximum atomic E-state index is 11.6. The van der Waals surface area contributed by atoms with Gasteiger partial charge in [-0.1, -0.05) is 6.92 Å². The van der Waals surface area contributed by atoms with E-state index in [2.05, 4.69) is 4.98 Å². The number of carbonyl (C=O) groups is 2. The molecule has 2 rings (SSSR count). The molecule has 1 aromatic rings. The smallest absolute Gasteiger partial charge is 0.329 e. The van der Waals surface area contributed by atoms with Gasteiger partial charge in [0.05, 0.1) is 5.56 Å². The summed E-state index contributed by atoms with van der Waals surface area (Å²) < 4.78 is 0. The molecule has 19 heavy (non-hydrogen) atoms. The zero-order valence-electron chi connectivity index (χ0n) is 10.8. The molecule has 0 radical (unpaired) electrons. The van der Waals surface area contributed by atoms with Crippen molar-refractivity contribution < 1.29 is 14.7 Å². The van der Waals surface area contributed by atoms with Crippen LogP contribution in [0.2, 0.25) is 0 Å². The van der Waals surface area contributed by atoms with Crippen LogP contribution in [0, 0.1) is 0 Å². The Bertz CT molecular complexity index is 518. The van der Waals surface area contributed by atoms with Gasteiger partial charge >= 0.3 is 5.97 Å². The van der Waals surface area contributed by atoms with E-state index in [-0.39, 0.29) is 5.56 Å². The number of nitrogens with zero attached hydrogens (tertiary/aromatic N) is 2. The number of rotatable bonds is 4. The molecule has 1 atom stereocenters. The third-order valence-electron chi connectivity index (χ3n) is 3.78. The van der Waals surface area contributed by atoms with Gasteiger partial charge in [0, 0.05) is 12.7 Å². The SMILES string of the molecule is CCC1(C(=O)O)CCCN1c1ncccc1C(N)=O. The van der Waals surface area contributed by atoms with Crippen molar-refractivity contribution in [1.29, 1.82) is 0 Å². The zero-order valence-corrected chi connectivity index (χ0v) is 10.8. The monoisotopic (exact) mass is 263 g/mol. The highest BCUT2D eigenvalue weighted by atomic mass is 16.4. The van der Waals surface area contributed by atoms with Crippen LogP contribution in [0.3, 0.4) is 0 Å². The van der Waals surface area contributed by atoms with E-state index in [0.29, 0.717) is 25.2 Å². The van der Waals surface area contributed by atoms with Crippen LogP contribution in [0.25, 0.3) is 0 Å². The average molecular weight is 263 g/mol. The van der Waals surface area contributed by atoms with Crippen molar-refractivity contribution in [2.45, 2.75) is 31.7 Å². The van der Waals surface area contributed by atoms with E-state index < -0.39 is 17.4 Å². The lowest BCUT2D eigenvalue weighted by molar-refractivity contribution is -0.143. The molecule has 1 aromatic heterocycles. The van der Waals surface area contributed by atoms with Crippen LogP contribution in [0.5, 0.6) is 0 Å². The molecule has 0 aliphatic carbocycles. The van der Waals surface area contributed by atoms with Crippen LogP contribution in [-0.2, 0) is 4.79 Å². The summed E-state index contributed by atoms with van der Waals surface area (Å²) in [5.74, 6) is -1.10. The van der Waals surface area contributed by atoms with Crippen molar-refractivity contribution in [3.63, 3.8) is 0 Å². The topological polar surface area (TPSA) is 96.5 Å². The van der Waals surface area contributed by atoms with Crippen LogP contribution in [0.4, 0.5) is 5.82 Å². The highest BCUT2D eigenvalue weighted by molar-refractivity contribution is 5.99. The summed E-state index contributed by atoms with van der Waals surface area (Å²) in [6.45, 7) is 2.40. The molecule has 2 heterocycles. The number of hydrogen-bond donors (Lipinski definition) is 2. The fraction of sp³-hybridized carbons (Fsp3) is 0.462. The van der Waals surface area contributed by atoms with Gasteiger partial charge < -0.3 is 15.7 Å². The predicted molar refractivity (Wildman–Crippen MR) is 70.0 cm³/mol. The molecule has 0 aromatic carbocycles. The van der Waals surface area contributed by atoms with E-state index in [0.717, 1.165) is 6.42 Å². The minimum Gasteiger partial charge on any atom is -0.479 e. The highest BCUT2D eigenvalue weighted by Crippen LogP contribution is 2.37. The Hall–Kier alpha value is -2.11. The van der Waals surface area contributed by atoms with Crippen LogP contribution in [0.1, 0.15) is 36.5 Å². The molecule has 1 aliphatic rings. The second kappa shape index (κ2) is 4.87. The molecular weight excluding hydrogens is 246 g/mol. The molecule has 0 saturated carbocycles. The van der Waals surface area contributed by atoms with Crippen LogP contribution < -0.4 is 10.6 Å². The summed E-state index contributed by atoms with van der Waals surface area (Å²) in [4.78, 5) is 29.0. The first-order valence-corrected chi connectivity index (χ1v) is 6.29. The first-order chi connectivity index (χ1) is 9.03. The van der Waals surface area contributed by atoms with Gasteiger partial charge in [-0.15, -0.1) is 0 Å². The van der Waals surface area contributed by atoms with Gasteiger partial charge in [-0.05, 0) is 31.4 Å². The van der Waals surface area contributed by atoms with E-state index in [1.165, 1.54) is 0 Å². The number of carbonyl (C=O) groups excluding carboxylic acids is 1. The molecule has 6 heteroatoms. The Morgan fingerprint density at radius 2 is 2.32 bits per heavy atom. The largest absolute Gasteiger partial charge is 0.479 e. The summed E-state index contributed by atoms with van der Waals surface area (Å²) in [6, 6.07) is 3.19. The summed E-state index contributed by atoms with van der Waals surface area (Å²) in [7, 11) is 0. The Morgan fingerprint density at radius 3 is 2.89 bits per heavy atom. The molecule has 0 spiro atoms. The summed E-state index contributed by atoms with van der Waals surface area (Å²) in [6.07, 6.45) is 3.31. The van der Waals surface area contributed by atoms with E-state index in [1.807, 2.05) is 6.92 Å². The fourth-order valence-electron chi connectivity index (χ4n) is 2.73. The van der Waals surface area contributed by atoms with Crippen LogP contribution in [0.15, 0.2) is 18.3 Å². The first kappa shape index (κ1) is 13.3. The number of carboxylic acids is 1. The predicted octanol–water partition coefficient (Wildman–Crippen LogP) is 1.01. The van der Waals surface area contributed by atoms with E-state index in [1.54, 1.807) is 23.2 Å². The Kier molecular flexibility index (Phi) is 3.42. The quantitative estimate of drug-likeness (QED) is 0.845. The second-order valence-corrected chi connectivity index (χ2v) is 4.68. The molecule has 3 N–H and O–H groups in total. The van der Waals surface area contributed by atoms with Gasteiger partial charge in [0.25, 0.3) is 5.91 Å². The highest BCUT2D eigenvalue weighted by Gasteiger charge is 2.47. The number of aromatic nitrogens is 1. The first-order valence-electron chi connectivity index (χ1n) is 6.29. The lowest BCUT2D eigenvalue weighted by Gasteiger charge is -2.35. The van der Waals surface area contributed by atoms with Gasteiger partial charge in [0.15, 0.2) is 0 Å². The number of nitrogens with two attached hydrogens (primary N) is 1. The zero-order chi connectivity index (χ0) is 14.0. The van der Waals surface area contributed by atoms with Crippen molar-refractivity contribution in [3.05, 3.63) is 23.9 Å². The minimum atomic E-state index is -0.988. The molecule has 6 nitrogen and oxygen atoms in total. The Labute approximate surface area is 111 Å². The number of hydrogen-bond acceptors (Lipinski definition) is 4. The minimum absolute atomic E-state index is 0.267. The third-order valence-corrected chi connectivity index (χ3v) is 3.78. The van der Waals surface area contributed by atoms with Crippen molar-refractivity contribution in [3.8, 4) is 0 Å². The molecule has 1 aliphatic heterocycles. The van der Waals surface area contributed by atoms with Crippen molar-refractivity contribution in [2.24, 2.45) is 5.73 Å². The number of pyridine rings is 1. The maximum Gasteiger partial charge on any atom is 0.329 e. The molecule has 1 fully saturated rings. The van der Waals surface area contributed by atoms with Crippen molar-refractivity contribution in [1.82, 2.24) is 4.98 Å². The third kappa shape index (κ3) is 2.03. The molecule has 1 unspecified atom stereocenters. The summed E-state index contributed by atoms with van der Waals surface area (Å²) in [5.41, 5.74) is 4.61. The van der Waals surface area contributed by atoms with E-state index in [9.17, 15) is 14.7 Å². The standard InChI is InChI=1S/C13H17N3O3/c1-2-13(12(18)19)6-4-8-16(13)11-9(10(14)17)5-3-7-15-11/h3,5,7H,2,4,6,8H2,1H3,(H2,14,17)(H,18,19). The van der Waals surface area contributed by atoms with Gasteiger partial charge in [-0.25, -0.2) is 9.78 Å². The van der Waals surface area contributed by atoms with Gasteiger partial charge in [-0.3, -0.25) is 4.79 Å².